The maximum atomic E-state index is 12.4. The summed E-state index contributed by atoms with van der Waals surface area (Å²) in [7, 11) is 3.21. The summed E-state index contributed by atoms with van der Waals surface area (Å²) in [5, 5.41) is 11.6. The zero-order chi connectivity index (χ0) is 19.8. The van der Waals surface area contributed by atoms with E-state index < -0.39 is 6.61 Å². The van der Waals surface area contributed by atoms with Crippen LogP contribution < -0.4 is 19.7 Å². The number of quaternary nitrogens is 1. The smallest absolute Gasteiger partial charge is 0.387 e. The van der Waals surface area contributed by atoms with Crippen molar-refractivity contribution in [2.24, 2.45) is 0 Å². The number of amides is 1. The summed E-state index contributed by atoms with van der Waals surface area (Å²) in [4.78, 5) is 13.1. The zero-order valence-corrected chi connectivity index (χ0v) is 15.0. The van der Waals surface area contributed by atoms with Crippen molar-refractivity contribution in [2.45, 2.75) is 13.2 Å². The second-order valence-corrected chi connectivity index (χ2v) is 5.92. The lowest BCUT2D eigenvalue weighted by molar-refractivity contribution is -0.885. The lowest BCUT2D eigenvalue weighted by atomic mass is 10.2. The third kappa shape index (κ3) is 6.24. The highest BCUT2D eigenvalue weighted by molar-refractivity contribution is 5.91. The highest BCUT2D eigenvalue weighted by atomic mass is 19.3. The molecule has 1 amide bonds. The van der Waals surface area contributed by atoms with Crippen LogP contribution in [0.1, 0.15) is 11.1 Å². The molecule has 2 rings (SSSR count). The minimum atomic E-state index is -2.93. The first-order valence-corrected chi connectivity index (χ1v) is 8.14. The number of rotatable bonds is 8. The number of likely N-dealkylation sites (N-methyl/N-ethyl adjacent to an activating group) is 1. The van der Waals surface area contributed by atoms with Crippen LogP contribution in [0.5, 0.6) is 11.5 Å². The van der Waals surface area contributed by atoms with Gasteiger partial charge in [0.2, 0.25) is 0 Å². The summed E-state index contributed by atoms with van der Waals surface area (Å²) >= 11 is 0. The Morgan fingerprint density at radius 1 is 1.26 bits per heavy atom. The van der Waals surface area contributed by atoms with E-state index in [0.717, 1.165) is 10.5 Å². The van der Waals surface area contributed by atoms with E-state index in [9.17, 15) is 13.6 Å². The Morgan fingerprint density at radius 3 is 2.70 bits per heavy atom. The van der Waals surface area contributed by atoms with Crippen LogP contribution in [0, 0.1) is 11.3 Å². The quantitative estimate of drug-likeness (QED) is 0.737. The summed E-state index contributed by atoms with van der Waals surface area (Å²) in [5.41, 5.74) is 1.83. The fourth-order valence-electron chi connectivity index (χ4n) is 2.57. The molecule has 0 aliphatic heterocycles. The second kappa shape index (κ2) is 9.50. The van der Waals surface area contributed by atoms with Crippen LogP contribution in [0.2, 0.25) is 0 Å². The van der Waals surface area contributed by atoms with Crippen molar-refractivity contribution < 1.29 is 27.9 Å². The number of carbonyl (C=O) groups excluding carboxylic acids is 1. The molecule has 0 saturated carbocycles. The Balaban J connectivity index is 1.95. The van der Waals surface area contributed by atoms with E-state index in [1.165, 1.54) is 13.2 Å². The van der Waals surface area contributed by atoms with Crippen molar-refractivity contribution in [1.29, 1.82) is 5.26 Å². The number of nitrogens with zero attached hydrogens (tertiary/aromatic N) is 1. The Bertz CT molecular complexity index is 837. The molecule has 2 aromatic carbocycles. The van der Waals surface area contributed by atoms with E-state index in [4.69, 9.17) is 10.00 Å². The van der Waals surface area contributed by atoms with Gasteiger partial charge in [0.25, 0.3) is 5.91 Å². The molecule has 1 atom stereocenters. The van der Waals surface area contributed by atoms with Gasteiger partial charge in [-0.25, -0.2) is 0 Å². The minimum absolute atomic E-state index is 0.0379. The van der Waals surface area contributed by atoms with Crippen LogP contribution in [0.3, 0.4) is 0 Å². The van der Waals surface area contributed by atoms with E-state index in [0.29, 0.717) is 17.8 Å². The maximum Gasteiger partial charge on any atom is 0.387 e. The third-order valence-electron chi connectivity index (χ3n) is 3.69. The molecule has 0 aliphatic carbocycles. The van der Waals surface area contributed by atoms with Gasteiger partial charge in [0, 0.05) is 11.3 Å². The number of benzene rings is 2. The summed E-state index contributed by atoms with van der Waals surface area (Å²) in [5.74, 6) is -0.0328. The van der Waals surface area contributed by atoms with Crippen molar-refractivity contribution in [2.75, 3.05) is 26.0 Å². The standard InChI is InChI=1S/C19H19F2N3O3/c1-24(12-18(25)23-15-5-3-4-13(8-15)10-22)11-14-6-7-16(27-19(20)21)17(9-14)26-2/h3-9,19H,11-12H2,1-2H3,(H,23,25)/p+1. The number of ether oxygens (including phenoxy) is 2. The molecular weight excluding hydrogens is 356 g/mol. The Hall–Kier alpha value is -3.18. The molecule has 6 nitrogen and oxygen atoms in total. The first-order valence-electron chi connectivity index (χ1n) is 8.14. The molecule has 0 saturated heterocycles. The van der Waals surface area contributed by atoms with Gasteiger partial charge in [-0.3, -0.25) is 4.79 Å². The molecule has 27 heavy (non-hydrogen) atoms. The number of alkyl halides is 2. The number of anilines is 1. The van der Waals surface area contributed by atoms with E-state index in [2.05, 4.69) is 10.1 Å². The van der Waals surface area contributed by atoms with E-state index in [1.807, 2.05) is 13.1 Å². The van der Waals surface area contributed by atoms with Crippen LogP contribution >= 0.6 is 0 Å². The first kappa shape index (κ1) is 20.1. The van der Waals surface area contributed by atoms with Gasteiger partial charge >= 0.3 is 6.61 Å². The Kier molecular flexibility index (Phi) is 7.08. The van der Waals surface area contributed by atoms with Crippen LogP contribution in [0.4, 0.5) is 14.5 Å². The molecule has 0 aromatic heterocycles. The molecule has 2 N–H and O–H groups in total. The van der Waals surface area contributed by atoms with E-state index in [-0.39, 0.29) is 24.0 Å². The van der Waals surface area contributed by atoms with Gasteiger partial charge in [-0.15, -0.1) is 0 Å². The molecule has 0 aliphatic rings. The van der Waals surface area contributed by atoms with Crippen LogP contribution in [-0.4, -0.2) is 33.2 Å². The molecule has 2 aromatic rings. The SMILES string of the molecule is COc1cc(C[NH+](C)CC(=O)Nc2cccc(C#N)c2)ccc1OC(F)F. The molecule has 1 unspecified atom stereocenters. The normalized spacial score (nSPS) is 11.6. The summed E-state index contributed by atoms with van der Waals surface area (Å²) in [6, 6.07) is 13.3. The van der Waals surface area contributed by atoms with Crippen molar-refractivity contribution in [3.63, 3.8) is 0 Å². The van der Waals surface area contributed by atoms with Gasteiger partial charge < -0.3 is 19.7 Å². The number of halogens is 2. The highest BCUT2D eigenvalue weighted by Gasteiger charge is 2.15. The van der Waals surface area contributed by atoms with Crippen LogP contribution in [0.25, 0.3) is 0 Å². The topological polar surface area (TPSA) is 75.8 Å². The summed E-state index contributed by atoms with van der Waals surface area (Å²) in [6.07, 6.45) is 0. The predicted molar refractivity (Wildman–Crippen MR) is 94.9 cm³/mol. The van der Waals surface area contributed by atoms with E-state index >= 15 is 0 Å². The molecule has 0 radical (unpaired) electrons. The summed E-state index contributed by atoms with van der Waals surface area (Å²) in [6.45, 7) is -2.26. The van der Waals surface area contributed by atoms with Gasteiger partial charge in [0.1, 0.15) is 6.54 Å². The largest absolute Gasteiger partial charge is 0.493 e. The maximum absolute atomic E-state index is 12.4. The average Bonchev–Trinajstić information content (AvgIpc) is 2.62. The highest BCUT2D eigenvalue weighted by Crippen LogP contribution is 2.29. The molecular formula is C19H20F2N3O3+. The minimum Gasteiger partial charge on any atom is -0.493 e. The molecule has 8 heteroatoms. The van der Waals surface area contributed by atoms with Gasteiger partial charge in [0.05, 0.1) is 25.8 Å². The number of nitrogens with one attached hydrogen (secondary N) is 2. The number of methoxy groups -OCH3 is 1. The van der Waals surface area contributed by atoms with Crippen molar-refractivity contribution in [3.05, 3.63) is 53.6 Å². The van der Waals surface area contributed by atoms with Gasteiger partial charge in [-0.1, -0.05) is 6.07 Å². The molecule has 0 spiro atoms. The number of carbonyl (C=O) groups is 1. The molecule has 0 bridgehead atoms. The Labute approximate surface area is 155 Å². The predicted octanol–water partition coefficient (Wildman–Crippen LogP) is 1.82. The lowest BCUT2D eigenvalue weighted by Crippen LogP contribution is -3.08. The van der Waals surface area contributed by atoms with Crippen LogP contribution in [0.15, 0.2) is 42.5 Å². The molecule has 142 valence electrons. The zero-order valence-electron chi connectivity index (χ0n) is 15.0. The Morgan fingerprint density at radius 2 is 2.04 bits per heavy atom. The number of hydrogen-bond acceptors (Lipinski definition) is 4. The average molecular weight is 376 g/mol. The molecule has 0 fully saturated rings. The van der Waals surface area contributed by atoms with Crippen molar-refractivity contribution >= 4 is 11.6 Å². The lowest BCUT2D eigenvalue weighted by Gasteiger charge is -2.16. The monoisotopic (exact) mass is 376 g/mol. The summed E-state index contributed by atoms with van der Waals surface area (Å²) < 4.78 is 34.2. The number of nitriles is 1. The fourth-order valence-corrected chi connectivity index (χ4v) is 2.57. The van der Waals surface area contributed by atoms with Gasteiger partial charge in [-0.05, 0) is 36.4 Å². The van der Waals surface area contributed by atoms with Crippen molar-refractivity contribution in [1.82, 2.24) is 0 Å². The first-order chi connectivity index (χ1) is 12.9. The molecule has 0 heterocycles. The van der Waals surface area contributed by atoms with E-state index in [1.54, 1.807) is 36.4 Å². The van der Waals surface area contributed by atoms with Crippen molar-refractivity contribution in [3.8, 4) is 17.6 Å². The van der Waals surface area contributed by atoms with Gasteiger partial charge in [-0.2, -0.15) is 14.0 Å². The number of hydrogen-bond donors (Lipinski definition) is 2. The second-order valence-electron chi connectivity index (χ2n) is 5.92. The third-order valence-corrected chi connectivity index (χ3v) is 3.69. The fraction of sp³-hybridized carbons (Fsp3) is 0.263. The van der Waals surface area contributed by atoms with Gasteiger partial charge in [0.15, 0.2) is 18.0 Å². The van der Waals surface area contributed by atoms with Crippen LogP contribution in [-0.2, 0) is 11.3 Å².